The van der Waals surface area contributed by atoms with Gasteiger partial charge in [-0.3, -0.25) is 4.79 Å². The Morgan fingerprint density at radius 2 is 2.15 bits per heavy atom. The standard InChI is InChI=1S/C12H15NO6S/c14-11(15)5-2-6-20(16,17)13-7-9-3-1-4-10-12(9)19-8-18-10/h1,3-4,13H,2,5-8H2,(H,14,15). The summed E-state index contributed by atoms with van der Waals surface area (Å²) < 4.78 is 36.3. The molecule has 8 heteroatoms. The third-order valence-corrected chi connectivity index (χ3v) is 4.17. The van der Waals surface area contributed by atoms with Crippen LogP contribution in [0.5, 0.6) is 11.5 Å². The van der Waals surface area contributed by atoms with Gasteiger partial charge < -0.3 is 14.6 Å². The van der Waals surface area contributed by atoms with Crippen LogP contribution in [-0.2, 0) is 21.4 Å². The molecule has 0 spiro atoms. The van der Waals surface area contributed by atoms with Crippen molar-refractivity contribution in [2.45, 2.75) is 19.4 Å². The number of benzene rings is 1. The van der Waals surface area contributed by atoms with E-state index in [1.54, 1.807) is 18.2 Å². The minimum atomic E-state index is -3.50. The van der Waals surface area contributed by atoms with Crippen molar-refractivity contribution in [2.75, 3.05) is 12.5 Å². The second-order valence-corrected chi connectivity index (χ2v) is 6.21. The number of nitrogens with one attached hydrogen (secondary N) is 1. The van der Waals surface area contributed by atoms with Crippen molar-refractivity contribution in [1.29, 1.82) is 0 Å². The van der Waals surface area contributed by atoms with E-state index in [1.165, 1.54) is 0 Å². The Labute approximate surface area is 116 Å². The van der Waals surface area contributed by atoms with Gasteiger partial charge in [0.2, 0.25) is 16.8 Å². The fourth-order valence-corrected chi connectivity index (χ4v) is 2.85. The number of sulfonamides is 1. The molecule has 0 unspecified atom stereocenters. The van der Waals surface area contributed by atoms with Gasteiger partial charge in [-0.05, 0) is 12.5 Å². The first-order valence-corrected chi connectivity index (χ1v) is 7.70. The zero-order chi connectivity index (χ0) is 14.6. The number of fused-ring (bicyclic) bond motifs is 1. The molecule has 2 N–H and O–H groups in total. The highest BCUT2D eigenvalue weighted by Crippen LogP contribution is 2.35. The molecule has 0 saturated carbocycles. The maximum Gasteiger partial charge on any atom is 0.303 e. The van der Waals surface area contributed by atoms with Gasteiger partial charge in [-0.25, -0.2) is 13.1 Å². The molecule has 20 heavy (non-hydrogen) atoms. The van der Waals surface area contributed by atoms with E-state index < -0.39 is 16.0 Å². The van der Waals surface area contributed by atoms with Gasteiger partial charge in [0, 0.05) is 18.5 Å². The zero-order valence-corrected chi connectivity index (χ0v) is 11.5. The summed E-state index contributed by atoms with van der Waals surface area (Å²) in [6.45, 7) is 0.208. The van der Waals surface area contributed by atoms with Crippen LogP contribution < -0.4 is 14.2 Å². The average molecular weight is 301 g/mol. The van der Waals surface area contributed by atoms with E-state index in [9.17, 15) is 13.2 Å². The van der Waals surface area contributed by atoms with E-state index in [2.05, 4.69) is 4.72 Å². The Balaban J connectivity index is 1.92. The summed E-state index contributed by atoms with van der Waals surface area (Å²) in [6, 6.07) is 5.24. The van der Waals surface area contributed by atoms with Crippen molar-refractivity contribution >= 4 is 16.0 Å². The highest BCUT2D eigenvalue weighted by atomic mass is 32.2. The number of carboxylic acid groups (broad SMARTS) is 1. The third-order valence-electron chi connectivity index (χ3n) is 2.76. The molecule has 1 aliphatic heterocycles. The molecule has 0 bridgehead atoms. The van der Waals surface area contributed by atoms with Crippen molar-refractivity contribution in [3.63, 3.8) is 0 Å². The van der Waals surface area contributed by atoms with Gasteiger partial charge in [0.1, 0.15) is 0 Å². The molecule has 0 aliphatic carbocycles. The number of hydrogen-bond acceptors (Lipinski definition) is 5. The fourth-order valence-electron chi connectivity index (χ4n) is 1.80. The number of para-hydroxylation sites is 1. The summed E-state index contributed by atoms with van der Waals surface area (Å²) in [7, 11) is -3.50. The molecule has 1 aromatic carbocycles. The summed E-state index contributed by atoms with van der Waals surface area (Å²) in [5.74, 6) is -0.0916. The molecule has 1 aromatic rings. The molecule has 0 radical (unpaired) electrons. The van der Waals surface area contributed by atoms with E-state index in [4.69, 9.17) is 14.6 Å². The minimum absolute atomic E-state index is 0.0805. The van der Waals surface area contributed by atoms with Gasteiger partial charge in [0.15, 0.2) is 11.5 Å². The highest BCUT2D eigenvalue weighted by molar-refractivity contribution is 7.89. The number of hydrogen-bond donors (Lipinski definition) is 2. The molecular formula is C12H15NO6S. The summed E-state index contributed by atoms with van der Waals surface area (Å²) in [5.41, 5.74) is 0.682. The van der Waals surface area contributed by atoms with Crippen LogP contribution in [0.4, 0.5) is 0 Å². The Hall–Kier alpha value is -1.80. The van der Waals surface area contributed by atoms with Gasteiger partial charge in [-0.15, -0.1) is 0 Å². The SMILES string of the molecule is O=C(O)CCCS(=O)(=O)NCc1cccc2c1OCO2. The van der Waals surface area contributed by atoms with Crippen LogP contribution in [0, 0.1) is 0 Å². The van der Waals surface area contributed by atoms with Crippen LogP contribution in [-0.4, -0.2) is 32.0 Å². The van der Waals surface area contributed by atoms with Gasteiger partial charge in [-0.1, -0.05) is 12.1 Å². The second kappa shape index (κ2) is 6.10. The van der Waals surface area contributed by atoms with Crippen LogP contribution in [0.1, 0.15) is 18.4 Å². The van der Waals surface area contributed by atoms with Crippen molar-refractivity contribution in [3.8, 4) is 11.5 Å². The molecule has 1 heterocycles. The topological polar surface area (TPSA) is 102 Å². The molecule has 0 atom stereocenters. The summed E-state index contributed by atoms with van der Waals surface area (Å²) in [6.07, 6.45) is -0.0875. The molecule has 1 aliphatic rings. The van der Waals surface area contributed by atoms with E-state index in [0.717, 1.165) is 0 Å². The Morgan fingerprint density at radius 1 is 1.35 bits per heavy atom. The van der Waals surface area contributed by atoms with Crippen LogP contribution >= 0.6 is 0 Å². The highest BCUT2D eigenvalue weighted by Gasteiger charge is 2.18. The average Bonchev–Trinajstić information content (AvgIpc) is 2.84. The van der Waals surface area contributed by atoms with E-state index >= 15 is 0 Å². The molecule has 110 valence electrons. The zero-order valence-electron chi connectivity index (χ0n) is 10.7. The maximum atomic E-state index is 11.7. The smallest absolute Gasteiger partial charge is 0.303 e. The Bertz CT molecular complexity index is 598. The van der Waals surface area contributed by atoms with Crippen LogP contribution in [0.3, 0.4) is 0 Å². The van der Waals surface area contributed by atoms with Crippen molar-refractivity contribution < 1.29 is 27.8 Å². The first-order chi connectivity index (χ1) is 9.48. The van der Waals surface area contributed by atoms with Crippen molar-refractivity contribution in [2.24, 2.45) is 0 Å². The summed E-state index contributed by atoms with van der Waals surface area (Å²) >= 11 is 0. The maximum absolute atomic E-state index is 11.7. The normalized spacial score (nSPS) is 13.4. The van der Waals surface area contributed by atoms with Crippen LogP contribution in [0.25, 0.3) is 0 Å². The molecule has 0 aromatic heterocycles. The number of carboxylic acids is 1. The van der Waals surface area contributed by atoms with E-state index in [0.29, 0.717) is 17.1 Å². The molecule has 0 fully saturated rings. The minimum Gasteiger partial charge on any atom is -0.481 e. The lowest BCUT2D eigenvalue weighted by Gasteiger charge is -2.08. The fraction of sp³-hybridized carbons (Fsp3) is 0.417. The molecule has 7 nitrogen and oxygen atoms in total. The lowest BCUT2D eigenvalue weighted by Crippen LogP contribution is -2.26. The number of ether oxygens (including phenoxy) is 2. The number of aliphatic carboxylic acids is 1. The lowest BCUT2D eigenvalue weighted by atomic mass is 10.2. The van der Waals surface area contributed by atoms with Gasteiger partial charge in [0.05, 0.1) is 5.75 Å². The Kier molecular flexibility index (Phi) is 4.46. The first-order valence-electron chi connectivity index (χ1n) is 6.04. The Morgan fingerprint density at radius 3 is 2.90 bits per heavy atom. The van der Waals surface area contributed by atoms with Crippen molar-refractivity contribution in [3.05, 3.63) is 23.8 Å². The predicted octanol–water partition coefficient (Wildman–Crippen LogP) is 0.699. The van der Waals surface area contributed by atoms with E-state index in [-0.39, 0.29) is 31.9 Å². The van der Waals surface area contributed by atoms with E-state index in [1.807, 2.05) is 0 Å². The lowest BCUT2D eigenvalue weighted by molar-refractivity contribution is -0.137. The van der Waals surface area contributed by atoms with Gasteiger partial charge >= 0.3 is 5.97 Å². The largest absolute Gasteiger partial charge is 0.481 e. The first kappa shape index (κ1) is 14.6. The quantitative estimate of drug-likeness (QED) is 0.768. The molecule has 0 amide bonds. The second-order valence-electron chi connectivity index (χ2n) is 4.29. The van der Waals surface area contributed by atoms with Gasteiger partial charge in [0.25, 0.3) is 0 Å². The molecule has 2 rings (SSSR count). The summed E-state index contributed by atoms with van der Waals surface area (Å²) in [5, 5.41) is 8.48. The number of rotatable bonds is 7. The third kappa shape index (κ3) is 3.84. The number of carbonyl (C=O) groups is 1. The van der Waals surface area contributed by atoms with Crippen LogP contribution in [0.2, 0.25) is 0 Å². The molecule has 0 saturated heterocycles. The summed E-state index contributed by atoms with van der Waals surface area (Å²) in [4.78, 5) is 10.3. The predicted molar refractivity (Wildman–Crippen MR) is 70.1 cm³/mol. The van der Waals surface area contributed by atoms with Crippen molar-refractivity contribution in [1.82, 2.24) is 4.72 Å². The van der Waals surface area contributed by atoms with Crippen LogP contribution in [0.15, 0.2) is 18.2 Å². The monoisotopic (exact) mass is 301 g/mol. The molecular weight excluding hydrogens is 286 g/mol. The van der Waals surface area contributed by atoms with Gasteiger partial charge in [-0.2, -0.15) is 0 Å².